The molecule has 0 bridgehead atoms. The number of benzene rings is 1. The molecule has 1 aromatic carbocycles. The Balaban J connectivity index is 1.72. The third kappa shape index (κ3) is 5.40. The topological polar surface area (TPSA) is 70.7 Å². The Kier molecular flexibility index (Phi) is 6.40. The molecule has 2 rings (SSSR count). The van der Waals surface area contributed by atoms with E-state index in [-0.39, 0.29) is 36.4 Å². The molecule has 0 radical (unpaired) electrons. The molecule has 7 heteroatoms. The summed E-state index contributed by atoms with van der Waals surface area (Å²) in [6.45, 7) is 4.71. The molecule has 0 aliphatic carbocycles. The van der Waals surface area contributed by atoms with Crippen LogP contribution in [-0.4, -0.2) is 48.6 Å². The van der Waals surface area contributed by atoms with E-state index >= 15 is 0 Å². The maximum absolute atomic E-state index is 13.4. The van der Waals surface area contributed by atoms with Crippen molar-refractivity contribution in [2.24, 2.45) is 0 Å². The number of ether oxygens (including phenoxy) is 1. The van der Waals surface area contributed by atoms with Gasteiger partial charge >= 0.3 is 6.03 Å². The number of carbonyl (C=O) groups is 2. The Morgan fingerprint density at radius 2 is 1.96 bits per heavy atom. The van der Waals surface area contributed by atoms with Gasteiger partial charge in [-0.15, -0.1) is 0 Å². The first-order valence-corrected chi connectivity index (χ1v) is 8.18. The average molecular weight is 337 g/mol. The van der Waals surface area contributed by atoms with E-state index in [9.17, 15) is 14.0 Å². The number of rotatable bonds is 5. The lowest BCUT2D eigenvalue weighted by Gasteiger charge is -2.32. The maximum Gasteiger partial charge on any atom is 0.315 e. The summed E-state index contributed by atoms with van der Waals surface area (Å²) < 4.78 is 18.7. The number of amides is 3. The van der Waals surface area contributed by atoms with Crippen molar-refractivity contribution in [1.29, 1.82) is 0 Å². The van der Waals surface area contributed by atoms with Crippen LogP contribution in [0.2, 0.25) is 0 Å². The number of halogens is 1. The van der Waals surface area contributed by atoms with Gasteiger partial charge in [-0.2, -0.15) is 0 Å². The van der Waals surface area contributed by atoms with E-state index in [2.05, 4.69) is 10.6 Å². The van der Waals surface area contributed by atoms with Crippen LogP contribution in [0.15, 0.2) is 24.3 Å². The molecule has 2 N–H and O–H groups in total. The summed E-state index contributed by atoms with van der Waals surface area (Å²) in [5.41, 5.74) is 0. The van der Waals surface area contributed by atoms with Gasteiger partial charge in [-0.3, -0.25) is 4.79 Å². The van der Waals surface area contributed by atoms with Gasteiger partial charge in [0.25, 0.3) is 5.91 Å². The van der Waals surface area contributed by atoms with Gasteiger partial charge < -0.3 is 20.3 Å². The number of nitrogens with one attached hydrogen (secondary N) is 2. The van der Waals surface area contributed by atoms with Crippen LogP contribution in [0.25, 0.3) is 0 Å². The number of likely N-dealkylation sites (tertiary alicyclic amines) is 1. The standard InChI is InChI=1S/C17H24FN3O3/c1-12(2)19-17(23)20-13-7-9-21(10-8-13)16(22)11-24-15-6-4-3-5-14(15)18/h3-6,12-13H,7-11H2,1-2H3,(H2,19,20,23). The smallest absolute Gasteiger partial charge is 0.315 e. The Morgan fingerprint density at radius 3 is 2.58 bits per heavy atom. The van der Waals surface area contributed by atoms with E-state index in [1.165, 1.54) is 12.1 Å². The SMILES string of the molecule is CC(C)NC(=O)NC1CCN(C(=O)COc2ccccc2F)CC1. The number of nitrogens with zero attached hydrogens (tertiary/aromatic N) is 1. The van der Waals surface area contributed by atoms with E-state index < -0.39 is 5.82 Å². The van der Waals surface area contributed by atoms with Gasteiger partial charge in [0.2, 0.25) is 0 Å². The zero-order chi connectivity index (χ0) is 17.5. The largest absolute Gasteiger partial charge is 0.481 e. The first kappa shape index (κ1) is 18.0. The van der Waals surface area contributed by atoms with Crippen LogP contribution in [0.4, 0.5) is 9.18 Å². The Bertz CT molecular complexity index is 572. The lowest BCUT2D eigenvalue weighted by Crippen LogP contribution is -2.50. The minimum absolute atomic E-state index is 0.0558. The van der Waals surface area contributed by atoms with Crippen LogP contribution in [0.5, 0.6) is 5.75 Å². The van der Waals surface area contributed by atoms with E-state index in [0.29, 0.717) is 25.9 Å². The van der Waals surface area contributed by atoms with Crippen LogP contribution in [0, 0.1) is 5.82 Å². The highest BCUT2D eigenvalue weighted by Crippen LogP contribution is 2.16. The molecule has 1 heterocycles. The zero-order valence-corrected chi connectivity index (χ0v) is 14.0. The van der Waals surface area contributed by atoms with Crippen molar-refractivity contribution in [2.75, 3.05) is 19.7 Å². The normalized spacial score (nSPS) is 15.2. The van der Waals surface area contributed by atoms with Crippen molar-refractivity contribution in [2.45, 2.75) is 38.8 Å². The lowest BCUT2D eigenvalue weighted by atomic mass is 10.1. The monoisotopic (exact) mass is 337 g/mol. The van der Waals surface area contributed by atoms with Crippen LogP contribution in [-0.2, 0) is 4.79 Å². The lowest BCUT2D eigenvalue weighted by molar-refractivity contribution is -0.134. The molecule has 0 aromatic heterocycles. The molecule has 0 saturated carbocycles. The summed E-state index contributed by atoms with van der Waals surface area (Å²) in [5, 5.41) is 5.69. The van der Waals surface area contributed by atoms with Gasteiger partial charge in [-0.25, -0.2) is 9.18 Å². The maximum atomic E-state index is 13.4. The summed E-state index contributed by atoms with van der Waals surface area (Å²) in [5.74, 6) is -0.583. The first-order chi connectivity index (χ1) is 11.5. The summed E-state index contributed by atoms with van der Waals surface area (Å²) >= 11 is 0. The molecule has 1 saturated heterocycles. The molecule has 0 spiro atoms. The number of urea groups is 1. The van der Waals surface area contributed by atoms with Crippen LogP contribution in [0.1, 0.15) is 26.7 Å². The predicted octanol–water partition coefficient (Wildman–Crippen LogP) is 1.90. The van der Waals surface area contributed by atoms with Gasteiger partial charge in [-0.1, -0.05) is 12.1 Å². The summed E-state index contributed by atoms with van der Waals surface area (Å²) in [6.07, 6.45) is 1.38. The second-order valence-electron chi connectivity index (χ2n) is 6.15. The number of hydrogen-bond donors (Lipinski definition) is 2. The second-order valence-corrected chi connectivity index (χ2v) is 6.15. The van der Waals surface area contributed by atoms with Crippen LogP contribution >= 0.6 is 0 Å². The summed E-state index contributed by atoms with van der Waals surface area (Å²) in [4.78, 5) is 25.5. The molecular weight excluding hydrogens is 313 g/mol. The minimum Gasteiger partial charge on any atom is -0.481 e. The third-order valence-corrected chi connectivity index (χ3v) is 3.79. The summed E-state index contributed by atoms with van der Waals surface area (Å²) in [6, 6.07) is 5.96. The van der Waals surface area contributed by atoms with Gasteiger partial charge in [0.05, 0.1) is 0 Å². The van der Waals surface area contributed by atoms with E-state index in [4.69, 9.17) is 4.74 Å². The number of carbonyl (C=O) groups excluding carboxylic acids is 2. The highest BCUT2D eigenvalue weighted by Gasteiger charge is 2.24. The Labute approximate surface area is 141 Å². The van der Waals surface area contributed by atoms with Crippen LogP contribution in [0.3, 0.4) is 0 Å². The average Bonchev–Trinajstić information content (AvgIpc) is 2.53. The van der Waals surface area contributed by atoms with Gasteiger partial charge in [-0.05, 0) is 38.8 Å². The van der Waals surface area contributed by atoms with Crippen molar-refractivity contribution in [3.8, 4) is 5.75 Å². The quantitative estimate of drug-likeness (QED) is 0.862. The second kappa shape index (κ2) is 8.52. The van der Waals surface area contributed by atoms with Gasteiger partial charge in [0.15, 0.2) is 18.2 Å². The molecule has 0 atom stereocenters. The van der Waals surface area contributed by atoms with Crippen molar-refractivity contribution < 1.29 is 18.7 Å². The minimum atomic E-state index is -0.482. The van der Waals surface area contributed by atoms with E-state index in [0.717, 1.165) is 0 Å². The zero-order valence-electron chi connectivity index (χ0n) is 14.0. The molecule has 132 valence electrons. The molecule has 3 amide bonds. The van der Waals surface area contributed by atoms with Crippen molar-refractivity contribution in [1.82, 2.24) is 15.5 Å². The van der Waals surface area contributed by atoms with Gasteiger partial charge in [0.1, 0.15) is 0 Å². The van der Waals surface area contributed by atoms with E-state index in [1.54, 1.807) is 17.0 Å². The number of hydrogen-bond acceptors (Lipinski definition) is 3. The fourth-order valence-corrected chi connectivity index (χ4v) is 2.56. The predicted molar refractivity (Wildman–Crippen MR) is 88.3 cm³/mol. The molecule has 1 fully saturated rings. The fraction of sp³-hybridized carbons (Fsp3) is 0.529. The number of para-hydroxylation sites is 1. The Morgan fingerprint density at radius 1 is 1.29 bits per heavy atom. The van der Waals surface area contributed by atoms with E-state index in [1.807, 2.05) is 13.8 Å². The highest BCUT2D eigenvalue weighted by molar-refractivity contribution is 5.78. The number of piperidine rings is 1. The van der Waals surface area contributed by atoms with Crippen molar-refractivity contribution >= 4 is 11.9 Å². The van der Waals surface area contributed by atoms with Crippen LogP contribution < -0.4 is 15.4 Å². The molecule has 1 aromatic rings. The van der Waals surface area contributed by atoms with Gasteiger partial charge in [0, 0.05) is 25.2 Å². The Hall–Kier alpha value is -2.31. The fourth-order valence-electron chi connectivity index (χ4n) is 2.56. The molecular formula is C17H24FN3O3. The van der Waals surface area contributed by atoms with Crippen molar-refractivity contribution in [3.63, 3.8) is 0 Å². The molecule has 1 aliphatic rings. The molecule has 24 heavy (non-hydrogen) atoms. The third-order valence-electron chi connectivity index (χ3n) is 3.79. The van der Waals surface area contributed by atoms with Crippen molar-refractivity contribution in [3.05, 3.63) is 30.1 Å². The first-order valence-electron chi connectivity index (χ1n) is 8.18. The molecule has 6 nitrogen and oxygen atoms in total. The summed E-state index contributed by atoms with van der Waals surface area (Å²) in [7, 11) is 0. The molecule has 1 aliphatic heterocycles. The highest BCUT2D eigenvalue weighted by atomic mass is 19.1. The molecule has 0 unspecified atom stereocenters.